The lowest BCUT2D eigenvalue weighted by atomic mass is 10.0. The molecule has 1 aromatic rings. The van der Waals surface area contributed by atoms with Crippen LogP contribution in [0.15, 0.2) is 30.0 Å². The summed E-state index contributed by atoms with van der Waals surface area (Å²) < 4.78 is 88.3. The molecule has 0 aliphatic carbocycles. The van der Waals surface area contributed by atoms with Crippen LogP contribution in [0.4, 0.5) is 22.0 Å². The van der Waals surface area contributed by atoms with Crippen molar-refractivity contribution in [3.05, 3.63) is 47.2 Å². The van der Waals surface area contributed by atoms with Crippen molar-refractivity contribution in [1.29, 1.82) is 5.41 Å². The standard InChI is InChI=1S/C18H20F5N3O3S/c19-13-1-2-14(20)12(7-13)9-26(5-3-11-4-6-30(28,29)10-11)17(27)15(24)8-16(25)18(21,22)23/h1-2,7-8,11,24H,3-6,9-10,25H2. The number of amides is 1. The number of nitrogens with one attached hydrogen (secondary N) is 1. The van der Waals surface area contributed by atoms with Gasteiger partial charge in [-0.25, -0.2) is 17.2 Å². The Bertz CT molecular complexity index is 960. The van der Waals surface area contributed by atoms with Crippen LogP contribution >= 0.6 is 0 Å². The van der Waals surface area contributed by atoms with Crippen LogP contribution in [0.2, 0.25) is 0 Å². The molecule has 3 N–H and O–H groups in total. The summed E-state index contributed by atoms with van der Waals surface area (Å²) >= 11 is 0. The molecule has 1 heterocycles. The van der Waals surface area contributed by atoms with E-state index in [0.717, 1.165) is 23.1 Å². The number of carbonyl (C=O) groups is 1. The van der Waals surface area contributed by atoms with Crippen molar-refractivity contribution >= 4 is 21.5 Å². The van der Waals surface area contributed by atoms with Gasteiger partial charge in [-0.3, -0.25) is 10.2 Å². The maximum atomic E-state index is 14.0. The summed E-state index contributed by atoms with van der Waals surface area (Å²) in [6.07, 6.45) is -4.26. The molecule has 166 valence electrons. The fraction of sp³-hybridized carbons (Fsp3) is 0.444. The van der Waals surface area contributed by atoms with Gasteiger partial charge in [0.25, 0.3) is 5.91 Å². The highest BCUT2D eigenvalue weighted by Crippen LogP contribution is 2.24. The van der Waals surface area contributed by atoms with Crippen LogP contribution in [0.25, 0.3) is 0 Å². The Kier molecular flexibility index (Phi) is 7.22. The minimum Gasteiger partial charge on any atom is -0.395 e. The number of alkyl halides is 3. The first-order chi connectivity index (χ1) is 13.8. The molecule has 30 heavy (non-hydrogen) atoms. The summed E-state index contributed by atoms with van der Waals surface area (Å²) in [5, 5.41) is 7.64. The second-order valence-corrected chi connectivity index (χ2v) is 9.26. The summed E-state index contributed by atoms with van der Waals surface area (Å²) in [6, 6.07) is 2.53. The number of allylic oxidation sites excluding steroid dienone is 1. The predicted molar refractivity (Wildman–Crippen MR) is 99.2 cm³/mol. The van der Waals surface area contributed by atoms with Crippen LogP contribution in [0, 0.1) is 23.0 Å². The number of benzene rings is 1. The summed E-state index contributed by atoms with van der Waals surface area (Å²) in [7, 11) is -3.19. The van der Waals surface area contributed by atoms with Crippen molar-refractivity contribution in [3.63, 3.8) is 0 Å². The lowest BCUT2D eigenvalue weighted by molar-refractivity contribution is -0.124. The fourth-order valence-electron chi connectivity index (χ4n) is 3.03. The smallest absolute Gasteiger partial charge is 0.395 e. The second kappa shape index (κ2) is 9.11. The third-order valence-electron chi connectivity index (χ3n) is 4.65. The lowest BCUT2D eigenvalue weighted by Crippen LogP contribution is -2.37. The van der Waals surface area contributed by atoms with E-state index < -0.39 is 51.5 Å². The minimum atomic E-state index is -4.94. The van der Waals surface area contributed by atoms with Crippen molar-refractivity contribution < 1.29 is 35.2 Å². The van der Waals surface area contributed by atoms with E-state index in [0.29, 0.717) is 6.42 Å². The van der Waals surface area contributed by atoms with Crippen molar-refractivity contribution in [2.75, 3.05) is 18.1 Å². The molecule has 1 aromatic carbocycles. The minimum absolute atomic E-state index is 0.00912. The quantitative estimate of drug-likeness (QED) is 0.489. The molecule has 2 rings (SSSR count). The number of rotatable bonds is 7. The van der Waals surface area contributed by atoms with Crippen LogP contribution in [0.5, 0.6) is 0 Å². The molecule has 1 unspecified atom stereocenters. The van der Waals surface area contributed by atoms with Crippen LogP contribution < -0.4 is 5.73 Å². The summed E-state index contributed by atoms with van der Waals surface area (Å²) in [5.41, 5.74) is 1.87. The van der Waals surface area contributed by atoms with Crippen molar-refractivity contribution in [1.82, 2.24) is 4.90 Å². The number of hydrogen-bond donors (Lipinski definition) is 2. The Hall–Kier alpha value is -2.50. The SMILES string of the molecule is N=C(C=C(N)C(F)(F)F)C(=O)N(CCC1CCS(=O)(=O)C1)Cc1cc(F)ccc1F. The molecule has 1 fully saturated rings. The molecule has 1 atom stereocenters. The molecule has 1 aliphatic heterocycles. The Morgan fingerprint density at radius 3 is 2.53 bits per heavy atom. The van der Waals surface area contributed by atoms with Gasteiger partial charge in [-0.1, -0.05) is 0 Å². The molecular formula is C18H20F5N3O3S. The first-order valence-corrected chi connectivity index (χ1v) is 10.7. The zero-order chi connectivity index (χ0) is 22.7. The van der Waals surface area contributed by atoms with Crippen LogP contribution in [-0.4, -0.2) is 49.2 Å². The van der Waals surface area contributed by atoms with Gasteiger partial charge in [0.2, 0.25) is 0 Å². The molecule has 1 amide bonds. The first-order valence-electron chi connectivity index (χ1n) is 8.85. The molecule has 1 aliphatic rings. The molecule has 0 bridgehead atoms. The van der Waals surface area contributed by atoms with E-state index in [2.05, 4.69) is 0 Å². The van der Waals surface area contributed by atoms with Crippen molar-refractivity contribution in [2.45, 2.75) is 25.6 Å². The van der Waals surface area contributed by atoms with Gasteiger partial charge in [-0.15, -0.1) is 0 Å². The average molecular weight is 453 g/mol. The van der Waals surface area contributed by atoms with E-state index in [1.165, 1.54) is 0 Å². The second-order valence-electron chi connectivity index (χ2n) is 7.03. The van der Waals surface area contributed by atoms with Crippen LogP contribution in [0.1, 0.15) is 18.4 Å². The van der Waals surface area contributed by atoms with E-state index in [1.807, 2.05) is 0 Å². The molecule has 0 spiro atoms. The van der Waals surface area contributed by atoms with Gasteiger partial charge >= 0.3 is 6.18 Å². The summed E-state index contributed by atoms with van der Waals surface area (Å²) in [5.74, 6) is -3.18. The highest BCUT2D eigenvalue weighted by atomic mass is 32.2. The van der Waals surface area contributed by atoms with Gasteiger partial charge in [-0.05, 0) is 43.0 Å². The Labute approximate surface area is 170 Å². The third-order valence-corrected chi connectivity index (χ3v) is 6.48. The van der Waals surface area contributed by atoms with Crippen LogP contribution in [0.3, 0.4) is 0 Å². The summed E-state index contributed by atoms with van der Waals surface area (Å²) in [4.78, 5) is 13.4. The first kappa shape index (κ1) is 23.8. The molecule has 0 saturated carbocycles. The highest BCUT2D eigenvalue weighted by Gasteiger charge is 2.33. The lowest BCUT2D eigenvalue weighted by Gasteiger charge is -2.24. The van der Waals surface area contributed by atoms with Gasteiger partial charge in [0.15, 0.2) is 9.84 Å². The molecule has 0 radical (unpaired) electrons. The third kappa shape index (κ3) is 6.51. The zero-order valence-corrected chi connectivity index (χ0v) is 16.5. The monoisotopic (exact) mass is 453 g/mol. The largest absolute Gasteiger partial charge is 0.430 e. The maximum Gasteiger partial charge on any atom is 0.430 e. The van der Waals surface area contributed by atoms with Gasteiger partial charge < -0.3 is 10.6 Å². The number of hydrogen-bond acceptors (Lipinski definition) is 5. The molecule has 0 aromatic heterocycles. The van der Waals surface area contributed by atoms with Gasteiger partial charge in [0.05, 0.1) is 11.5 Å². The molecular weight excluding hydrogens is 433 g/mol. The highest BCUT2D eigenvalue weighted by molar-refractivity contribution is 7.91. The number of sulfone groups is 1. The predicted octanol–water partition coefficient (Wildman–Crippen LogP) is 2.54. The number of nitrogens with two attached hydrogens (primary N) is 1. The van der Waals surface area contributed by atoms with E-state index in [-0.39, 0.29) is 42.0 Å². The Morgan fingerprint density at radius 2 is 1.97 bits per heavy atom. The topological polar surface area (TPSA) is 104 Å². The zero-order valence-electron chi connectivity index (χ0n) is 15.7. The van der Waals surface area contributed by atoms with Gasteiger partial charge in [0, 0.05) is 18.7 Å². The van der Waals surface area contributed by atoms with Crippen LogP contribution in [-0.2, 0) is 21.2 Å². The van der Waals surface area contributed by atoms with E-state index >= 15 is 0 Å². The summed E-state index contributed by atoms with van der Waals surface area (Å²) in [6.45, 7) is -0.666. The van der Waals surface area contributed by atoms with Crippen molar-refractivity contribution in [2.24, 2.45) is 11.7 Å². The molecule has 12 heteroatoms. The number of nitrogens with zero attached hydrogens (tertiary/aromatic N) is 1. The van der Waals surface area contributed by atoms with Crippen molar-refractivity contribution in [3.8, 4) is 0 Å². The number of halogens is 5. The van der Waals surface area contributed by atoms with Gasteiger partial charge in [-0.2, -0.15) is 13.2 Å². The Balaban J connectivity index is 2.22. The van der Waals surface area contributed by atoms with E-state index in [1.54, 1.807) is 0 Å². The molecule has 1 saturated heterocycles. The Morgan fingerprint density at radius 1 is 1.30 bits per heavy atom. The van der Waals surface area contributed by atoms with E-state index in [4.69, 9.17) is 11.1 Å². The normalized spacial score (nSPS) is 19.0. The maximum absolute atomic E-state index is 14.0. The number of carbonyl (C=O) groups excluding carboxylic acids is 1. The molecule has 6 nitrogen and oxygen atoms in total. The average Bonchev–Trinajstić information content (AvgIpc) is 2.98. The fourth-order valence-corrected chi connectivity index (χ4v) is 4.94. The van der Waals surface area contributed by atoms with E-state index in [9.17, 15) is 35.2 Å². The van der Waals surface area contributed by atoms with Gasteiger partial charge in [0.1, 0.15) is 23.0 Å².